The van der Waals surface area contributed by atoms with Crippen molar-refractivity contribution in [2.75, 3.05) is 6.61 Å². The van der Waals surface area contributed by atoms with Gasteiger partial charge in [0.15, 0.2) is 0 Å². The predicted molar refractivity (Wildman–Crippen MR) is 166 cm³/mol. The maximum Gasteiger partial charge on any atom is 0.421 e. The molecule has 9 nitrogen and oxygen atoms in total. The van der Waals surface area contributed by atoms with Crippen LogP contribution >= 0.6 is 0 Å². The number of sulfonamides is 1. The van der Waals surface area contributed by atoms with E-state index in [1.165, 1.54) is 12.1 Å². The van der Waals surface area contributed by atoms with Crippen LogP contribution in [0.25, 0.3) is 0 Å². The van der Waals surface area contributed by atoms with E-state index < -0.39 is 33.7 Å². The summed E-state index contributed by atoms with van der Waals surface area (Å²) in [5, 5.41) is 34.3. The first-order valence-corrected chi connectivity index (χ1v) is 18.1. The Morgan fingerprint density at radius 2 is 1.68 bits per heavy atom. The summed E-state index contributed by atoms with van der Waals surface area (Å²) in [6.45, 7) is 12.4. The standard InChI is InChI=1S/C34H53NO8S/c1-7-24-27-16-21(36)14-15-33(27,5)28-17-29(37)34(6)25(12-13-26(34)30(28)31(24)38)20(4)18-42-32(39)35-44(40,41)23-10-8-22(9-11-23)43-19(2)3/h8-11,19-21,24-31,36-38H,7,12-18H2,1-6H3,(H,35,39)/t20-,21-,24-,25-,26+,27+,28+,29+,30+,31-,33+,34-/m1/s1. The third-order valence-electron chi connectivity index (χ3n) is 12.5. The smallest absolute Gasteiger partial charge is 0.421 e. The maximum absolute atomic E-state index is 12.8. The Kier molecular flexibility index (Phi) is 9.42. The molecule has 0 bridgehead atoms. The summed E-state index contributed by atoms with van der Waals surface area (Å²) < 4.78 is 38.6. The highest BCUT2D eigenvalue weighted by Crippen LogP contribution is 2.69. The van der Waals surface area contributed by atoms with Crippen molar-refractivity contribution >= 4 is 16.1 Å². The second kappa shape index (κ2) is 12.4. The van der Waals surface area contributed by atoms with Gasteiger partial charge in [0.25, 0.3) is 10.0 Å². The number of ether oxygens (including phenoxy) is 2. The summed E-state index contributed by atoms with van der Waals surface area (Å²) in [7, 11) is -4.12. The summed E-state index contributed by atoms with van der Waals surface area (Å²) in [6.07, 6.45) is 3.19. The zero-order valence-corrected chi connectivity index (χ0v) is 27.9. The molecule has 44 heavy (non-hydrogen) atoms. The van der Waals surface area contributed by atoms with Gasteiger partial charge in [0.1, 0.15) is 5.75 Å². The lowest BCUT2D eigenvalue weighted by atomic mass is 9.41. The minimum atomic E-state index is -4.12. The first-order chi connectivity index (χ1) is 20.6. The van der Waals surface area contributed by atoms with Gasteiger partial charge in [-0.2, -0.15) is 0 Å². The zero-order chi connectivity index (χ0) is 32.2. The Labute approximate surface area is 263 Å². The van der Waals surface area contributed by atoms with Crippen LogP contribution in [0.1, 0.15) is 86.5 Å². The number of nitrogens with one attached hydrogen (secondary N) is 1. The summed E-state index contributed by atoms with van der Waals surface area (Å²) in [6, 6.07) is 5.86. The van der Waals surface area contributed by atoms with E-state index in [0.29, 0.717) is 12.2 Å². The van der Waals surface area contributed by atoms with E-state index in [1.54, 1.807) is 12.1 Å². The number of hydrogen-bond donors (Lipinski definition) is 4. The van der Waals surface area contributed by atoms with Crippen molar-refractivity contribution in [2.24, 2.45) is 52.3 Å². The van der Waals surface area contributed by atoms with E-state index in [4.69, 9.17) is 9.47 Å². The monoisotopic (exact) mass is 635 g/mol. The summed E-state index contributed by atoms with van der Waals surface area (Å²) in [4.78, 5) is 12.6. The largest absolute Gasteiger partial charge is 0.491 e. The molecule has 1 aromatic carbocycles. The average molecular weight is 636 g/mol. The van der Waals surface area contributed by atoms with Gasteiger partial charge in [-0.25, -0.2) is 17.9 Å². The second-order valence-corrected chi connectivity index (χ2v) is 16.7. The first-order valence-electron chi connectivity index (χ1n) is 16.6. The van der Waals surface area contributed by atoms with E-state index in [1.807, 2.05) is 25.5 Å². The van der Waals surface area contributed by atoms with E-state index in [9.17, 15) is 28.5 Å². The third kappa shape index (κ3) is 5.77. The van der Waals surface area contributed by atoms with E-state index in [0.717, 1.165) is 38.5 Å². The lowest BCUT2D eigenvalue weighted by Gasteiger charge is -2.65. The quantitative estimate of drug-likeness (QED) is 0.308. The number of fused-ring (bicyclic) bond motifs is 5. The van der Waals surface area contributed by atoms with Crippen molar-refractivity contribution in [3.8, 4) is 5.75 Å². The Balaban J connectivity index is 1.26. The summed E-state index contributed by atoms with van der Waals surface area (Å²) in [5.74, 6) is 1.24. The molecule has 4 aliphatic carbocycles. The van der Waals surface area contributed by atoms with Crippen LogP contribution < -0.4 is 9.46 Å². The molecule has 5 rings (SSSR count). The summed E-state index contributed by atoms with van der Waals surface area (Å²) in [5.41, 5.74) is -0.479. The molecular formula is C34H53NO8S. The van der Waals surface area contributed by atoms with Crippen LogP contribution in [0.15, 0.2) is 29.2 Å². The number of rotatable bonds is 8. The van der Waals surface area contributed by atoms with Gasteiger partial charge in [0.2, 0.25) is 0 Å². The molecule has 1 aromatic rings. The molecule has 0 spiro atoms. The van der Waals surface area contributed by atoms with Gasteiger partial charge < -0.3 is 24.8 Å². The molecule has 0 heterocycles. The number of carbonyl (C=O) groups excluding carboxylic acids is 1. The molecular weight excluding hydrogens is 582 g/mol. The predicted octanol–water partition coefficient (Wildman–Crippen LogP) is 5.12. The number of amides is 1. The van der Waals surface area contributed by atoms with Crippen molar-refractivity contribution in [2.45, 2.75) is 116 Å². The summed E-state index contributed by atoms with van der Waals surface area (Å²) >= 11 is 0. The number of aliphatic hydroxyl groups excluding tert-OH is 3. The number of carbonyl (C=O) groups is 1. The van der Waals surface area contributed by atoms with E-state index in [2.05, 4.69) is 20.8 Å². The SMILES string of the molecule is CC[C@H]1[C@@H](O)[C@@H]2[C@H](C[C@H](O)[C@]3(C)[C@@H]([C@H](C)COC(=O)NS(=O)(=O)c4ccc(OC(C)C)cc4)CC[C@@H]23)[C@@]2(C)CC[C@@H](O)C[C@@H]12. The fourth-order valence-corrected chi connectivity index (χ4v) is 11.3. The van der Waals surface area contributed by atoms with Crippen LogP contribution in [-0.2, 0) is 14.8 Å². The molecule has 4 aliphatic rings. The number of hydrogen-bond acceptors (Lipinski definition) is 8. The molecule has 1 amide bonds. The number of benzene rings is 1. The molecule has 4 N–H and O–H groups in total. The Bertz CT molecular complexity index is 1290. The van der Waals surface area contributed by atoms with Crippen LogP contribution in [0.2, 0.25) is 0 Å². The third-order valence-corrected chi connectivity index (χ3v) is 13.8. The number of aliphatic hydroxyl groups is 3. The fraction of sp³-hybridized carbons (Fsp3) is 0.794. The van der Waals surface area contributed by atoms with Crippen LogP contribution in [0.4, 0.5) is 4.79 Å². The highest BCUT2D eigenvalue weighted by Gasteiger charge is 2.67. The topological polar surface area (TPSA) is 142 Å². The maximum atomic E-state index is 12.8. The molecule has 0 unspecified atom stereocenters. The fourth-order valence-electron chi connectivity index (χ4n) is 10.4. The van der Waals surface area contributed by atoms with Gasteiger partial charge in [-0.3, -0.25) is 0 Å². The van der Waals surface area contributed by atoms with Gasteiger partial charge in [0.05, 0.1) is 35.9 Å². The minimum absolute atomic E-state index is 0.0220. The van der Waals surface area contributed by atoms with Crippen LogP contribution in [0.5, 0.6) is 5.75 Å². The molecule has 4 saturated carbocycles. The van der Waals surface area contributed by atoms with Crippen LogP contribution in [0, 0.1) is 52.3 Å². The molecule has 10 heteroatoms. The molecule has 0 saturated heterocycles. The van der Waals surface area contributed by atoms with E-state index >= 15 is 0 Å². The molecule has 248 valence electrons. The molecule has 12 atom stereocenters. The van der Waals surface area contributed by atoms with Crippen molar-refractivity contribution in [1.82, 2.24) is 4.72 Å². The van der Waals surface area contributed by atoms with Gasteiger partial charge in [-0.1, -0.05) is 34.1 Å². The van der Waals surface area contributed by atoms with Gasteiger partial charge >= 0.3 is 6.09 Å². The molecule has 4 fully saturated rings. The van der Waals surface area contributed by atoms with Crippen molar-refractivity contribution < 1.29 is 38.0 Å². The Morgan fingerprint density at radius 1 is 1.00 bits per heavy atom. The lowest BCUT2D eigenvalue weighted by Crippen LogP contribution is -2.65. The highest BCUT2D eigenvalue weighted by molar-refractivity contribution is 7.90. The normalized spacial score (nSPS) is 40.8. The van der Waals surface area contributed by atoms with Crippen LogP contribution in [0.3, 0.4) is 0 Å². The van der Waals surface area contributed by atoms with Crippen molar-refractivity contribution in [3.05, 3.63) is 24.3 Å². The van der Waals surface area contributed by atoms with Gasteiger partial charge in [-0.05, 0) is 129 Å². The first kappa shape index (κ1) is 33.5. The van der Waals surface area contributed by atoms with Gasteiger partial charge in [0, 0.05) is 0 Å². The van der Waals surface area contributed by atoms with Gasteiger partial charge in [-0.15, -0.1) is 0 Å². The van der Waals surface area contributed by atoms with Crippen LogP contribution in [-0.4, -0.2) is 60.9 Å². The minimum Gasteiger partial charge on any atom is -0.491 e. The highest BCUT2D eigenvalue weighted by atomic mass is 32.2. The Hall–Kier alpha value is -1.88. The second-order valence-electron chi connectivity index (χ2n) is 15.0. The molecule has 0 radical (unpaired) electrons. The van der Waals surface area contributed by atoms with E-state index in [-0.39, 0.29) is 70.6 Å². The molecule has 0 aromatic heterocycles. The lowest BCUT2D eigenvalue weighted by molar-refractivity contribution is -0.228. The zero-order valence-electron chi connectivity index (χ0n) is 27.1. The van der Waals surface area contributed by atoms with Crippen molar-refractivity contribution in [1.29, 1.82) is 0 Å². The Morgan fingerprint density at radius 3 is 2.32 bits per heavy atom. The molecule has 0 aliphatic heterocycles. The average Bonchev–Trinajstić information content (AvgIpc) is 3.31. The van der Waals surface area contributed by atoms with Crippen molar-refractivity contribution in [3.63, 3.8) is 0 Å².